The molecule has 5 heteroatoms. The zero-order valence-electron chi connectivity index (χ0n) is 17.4. The molecule has 1 atom stereocenters. The second kappa shape index (κ2) is 7.58. The normalized spacial score (nSPS) is 15.2. The summed E-state index contributed by atoms with van der Waals surface area (Å²) in [7, 11) is 0. The highest BCUT2D eigenvalue weighted by atomic mass is 16.5. The molecule has 155 valence electrons. The van der Waals surface area contributed by atoms with Crippen molar-refractivity contribution in [3.8, 4) is 5.75 Å². The first kappa shape index (κ1) is 19.4. The van der Waals surface area contributed by atoms with Gasteiger partial charge >= 0.3 is 5.63 Å². The molecule has 1 radical (unpaired) electrons. The van der Waals surface area contributed by atoms with Gasteiger partial charge in [-0.05, 0) is 43.0 Å². The van der Waals surface area contributed by atoms with Gasteiger partial charge in [0.25, 0.3) is 0 Å². The lowest BCUT2D eigenvalue weighted by atomic mass is 9.95. The Morgan fingerprint density at radius 1 is 1.03 bits per heavy atom. The van der Waals surface area contributed by atoms with Gasteiger partial charge in [-0.2, -0.15) is 0 Å². The van der Waals surface area contributed by atoms with Gasteiger partial charge in [0.05, 0.1) is 17.0 Å². The summed E-state index contributed by atoms with van der Waals surface area (Å²) in [5.41, 5.74) is 2.10. The summed E-state index contributed by atoms with van der Waals surface area (Å²) in [6.45, 7) is 3.81. The number of aryl methyl sites for hydroxylation is 2. The van der Waals surface area contributed by atoms with Gasteiger partial charge in [-0.15, -0.1) is 0 Å². The van der Waals surface area contributed by atoms with Crippen LogP contribution >= 0.6 is 0 Å². The zero-order valence-corrected chi connectivity index (χ0v) is 17.4. The average molecular weight is 413 g/mol. The van der Waals surface area contributed by atoms with Crippen LogP contribution in [0.3, 0.4) is 0 Å². The van der Waals surface area contributed by atoms with Crippen molar-refractivity contribution >= 4 is 28.0 Å². The van der Waals surface area contributed by atoms with Crippen LogP contribution in [0.4, 0.5) is 0 Å². The van der Waals surface area contributed by atoms with E-state index in [0.717, 1.165) is 18.4 Å². The fourth-order valence-electron chi connectivity index (χ4n) is 4.15. The highest BCUT2D eigenvalue weighted by Crippen LogP contribution is 2.44. The standard InChI is InChI=1S/C26H21O5/c1-3-4-8-17-14-21(28)31-26-22(17)24-18(25-23(26)19(27)13-15(2)29-25)11-12-20(30-24)16-9-6-5-7-10-16/h5-7,9-13,20H,3-4,8H2,1-2H3. The molecule has 0 fully saturated rings. The SMILES string of the molecule is CCCCc1[c]c(=O)oc2c1c1c(c3oc(C)cc(=O)c32)C=CC(c2ccccc2)O1. The fourth-order valence-corrected chi connectivity index (χ4v) is 4.15. The molecule has 0 bridgehead atoms. The summed E-state index contributed by atoms with van der Waals surface area (Å²) in [4.78, 5) is 25.3. The number of ether oxygens (including phenoxy) is 1. The molecule has 31 heavy (non-hydrogen) atoms. The van der Waals surface area contributed by atoms with E-state index >= 15 is 0 Å². The third kappa shape index (κ3) is 3.26. The molecule has 0 spiro atoms. The number of hydrogen-bond donors (Lipinski definition) is 0. The zero-order chi connectivity index (χ0) is 21.5. The Morgan fingerprint density at radius 3 is 2.61 bits per heavy atom. The van der Waals surface area contributed by atoms with Crippen molar-refractivity contribution < 1.29 is 13.6 Å². The monoisotopic (exact) mass is 413 g/mol. The Bertz CT molecular complexity index is 1440. The van der Waals surface area contributed by atoms with Gasteiger partial charge in [-0.1, -0.05) is 43.7 Å². The van der Waals surface area contributed by atoms with E-state index in [0.29, 0.717) is 40.0 Å². The first-order valence-electron chi connectivity index (χ1n) is 10.5. The van der Waals surface area contributed by atoms with E-state index in [1.807, 2.05) is 42.5 Å². The van der Waals surface area contributed by atoms with Crippen molar-refractivity contribution in [2.75, 3.05) is 0 Å². The largest absolute Gasteiger partial charge is 0.480 e. The molecule has 5 rings (SSSR count). The van der Waals surface area contributed by atoms with Crippen molar-refractivity contribution in [2.24, 2.45) is 0 Å². The molecule has 5 nitrogen and oxygen atoms in total. The molecule has 0 saturated heterocycles. The second-order valence-corrected chi connectivity index (χ2v) is 7.78. The number of unbranched alkanes of at least 4 members (excludes halogenated alkanes) is 1. The topological polar surface area (TPSA) is 69.7 Å². The van der Waals surface area contributed by atoms with Gasteiger partial charge in [-0.25, -0.2) is 4.79 Å². The Hall–Kier alpha value is -3.60. The lowest BCUT2D eigenvalue weighted by Gasteiger charge is -2.24. The van der Waals surface area contributed by atoms with Gasteiger partial charge in [0, 0.05) is 6.07 Å². The van der Waals surface area contributed by atoms with Gasteiger partial charge < -0.3 is 13.6 Å². The molecule has 1 aliphatic heterocycles. The third-order valence-corrected chi connectivity index (χ3v) is 5.58. The van der Waals surface area contributed by atoms with Crippen LogP contribution in [0, 0.1) is 13.0 Å². The van der Waals surface area contributed by atoms with Gasteiger partial charge in [-0.3, -0.25) is 4.79 Å². The molecular formula is C26H21O5. The van der Waals surface area contributed by atoms with Crippen LogP contribution in [0.15, 0.2) is 60.9 Å². The van der Waals surface area contributed by atoms with E-state index in [9.17, 15) is 9.59 Å². The van der Waals surface area contributed by atoms with E-state index in [1.54, 1.807) is 6.92 Å². The minimum Gasteiger partial charge on any atom is -0.480 e. The quantitative estimate of drug-likeness (QED) is 0.326. The number of hydrogen-bond acceptors (Lipinski definition) is 5. The maximum absolute atomic E-state index is 12.9. The number of fused-ring (bicyclic) bond motifs is 6. The van der Waals surface area contributed by atoms with Crippen molar-refractivity contribution in [2.45, 2.75) is 39.2 Å². The van der Waals surface area contributed by atoms with Crippen LogP contribution < -0.4 is 15.8 Å². The van der Waals surface area contributed by atoms with Gasteiger partial charge in [0.1, 0.15) is 23.0 Å². The number of rotatable bonds is 4. The van der Waals surface area contributed by atoms with Crippen LogP contribution in [-0.2, 0) is 6.42 Å². The minimum absolute atomic E-state index is 0.208. The smallest absolute Gasteiger partial charge is 0.344 e. The maximum Gasteiger partial charge on any atom is 0.344 e. The predicted molar refractivity (Wildman–Crippen MR) is 120 cm³/mol. The summed E-state index contributed by atoms with van der Waals surface area (Å²) in [6.07, 6.45) is 6.03. The molecular weight excluding hydrogens is 392 g/mol. The molecule has 2 aromatic heterocycles. The summed E-state index contributed by atoms with van der Waals surface area (Å²) in [5.74, 6) is 1.03. The summed E-state index contributed by atoms with van der Waals surface area (Å²) in [5, 5.41) is 0.881. The molecule has 2 aromatic carbocycles. The minimum atomic E-state index is -0.606. The third-order valence-electron chi connectivity index (χ3n) is 5.58. The van der Waals surface area contributed by atoms with E-state index in [-0.39, 0.29) is 22.5 Å². The molecule has 1 unspecified atom stereocenters. The lowest BCUT2D eigenvalue weighted by Crippen LogP contribution is -2.13. The van der Waals surface area contributed by atoms with Crippen molar-refractivity contribution in [3.63, 3.8) is 0 Å². The first-order valence-corrected chi connectivity index (χ1v) is 10.5. The molecule has 0 aliphatic carbocycles. The van der Waals surface area contributed by atoms with Crippen LogP contribution in [0.25, 0.3) is 28.0 Å². The summed E-state index contributed by atoms with van der Waals surface area (Å²) >= 11 is 0. The van der Waals surface area contributed by atoms with Crippen LogP contribution in [0.1, 0.15) is 48.3 Å². The van der Waals surface area contributed by atoms with Crippen molar-refractivity contribution in [1.82, 2.24) is 0 Å². The second-order valence-electron chi connectivity index (χ2n) is 7.78. The van der Waals surface area contributed by atoms with E-state index in [2.05, 4.69) is 13.0 Å². The van der Waals surface area contributed by atoms with Crippen LogP contribution in [-0.4, -0.2) is 0 Å². The molecule has 0 saturated carbocycles. The van der Waals surface area contributed by atoms with E-state index < -0.39 is 5.63 Å². The first-order chi connectivity index (χ1) is 15.1. The fraction of sp³-hybridized carbons (Fsp3) is 0.231. The molecule has 0 amide bonds. The van der Waals surface area contributed by atoms with Gasteiger partial charge in [0.2, 0.25) is 0 Å². The Labute approximate surface area is 178 Å². The van der Waals surface area contributed by atoms with Crippen molar-refractivity contribution in [3.05, 3.63) is 91.6 Å². The van der Waals surface area contributed by atoms with Crippen LogP contribution in [0.2, 0.25) is 0 Å². The summed E-state index contributed by atoms with van der Waals surface area (Å²) in [6, 6.07) is 14.1. The van der Waals surface area contributed by atoms with Crippen LogP contribution in [0.5, 0.6) is 5.75 Å². The highest BCUT2D eigenvalue weighted by Gasteiger charge is 2.27. The lowest BCUT2D eigenvalue weighted by molar-refractivity contribution is 0.254. The van der Waals surface area contributed by atoms with E-state index in [4.69, 9.17) is 13.6 Å². The summed E-state index contributed by atoms with van der Waals surface area (Å²) < 4.78 is 17.9. The highest BCUT2D eigenvalue weighted by molar-refractivity contribution is 6.10. The Kier molecular flexibility index (Phi) is 4.74. The molecule has 0 N–H and O–H groups in total. The van der Waals surface area contributed by atoms with E-state index in [1.165, 1.54) is 6.07 Å². The number of benzene rings is 2. The molecule has 4 aromatic rings. The molecule has 1 aliphatic rings. The van der Waals surface area contributed by atoms with Crippen molar-refractivity contribution in [1.29, 1.82) is 0 Å². The maximum atomic E-state index is 12.9. The molecule has 3 heterocycles. The Balaban J connectivity index is 1.88. The average Bonchev–Trinajstić information content (AvgIpc) is 2.77. The predicted octanol–water partition coefficient (Wildman–Crippen LogP) is 5.50. The van der Waals surface area contributed by atoms with Gasteiger partial charge in [0.15, 0.2) is 16.6 Å². The Morgan fingerprint density at radius 2 is 1.84 bits per heavy atom.